The van der Waals surface area contributed by atoms with Gasteiger partial charge in [-0.3, -0.25) is 9.80 Å². The van der Waals surface area contributed by atoms with Gasteiger partial charge in [0.15, 0.2) is 0 Å². The molecule has 0 aromatic heterocycles. The van der Waals surface area contributed by atoms with Gasteiger partial charge in [0.25, 0.3) is 0 Å². The standard InChI is InChI=1S/C18H25FN2O2/c19-15-4-1-3-14(11-15)12-21-13-17(20-6-9-22-10-7-20)18-16(21)5-2-8-23-18/h1,3-4,11,16-18H,2,5-10,12-13H2/t16?,17-,18?/m0/s1. The van der Waals surface area contributed by atoms with Gasteiger partial charge in [0, 0.05) is 38.8 Å². The maximum absolute atomic E-state index is 13.5. The van der Waals surface area contributed by atoms with Crippen LogP contribution in [-0.4, -0.2) is 67.4 Å². The van der Waals surface area contributed by atoms with Crippen LogP contribution in [0, 0.1) is 5.82 Å². The highest BCUT2D eigenvalue weighted by atomic mass is 19.1. The van der Waals surface area contributed by atoms with Gasteiger partial charge in [0.1, 0.15) is 5.82 Å². The van der Waals surface area contributed by atoms with E-state index >= 15 is 0 Å². The Balaban J connectivity index is 1.50. The van der Waals surface area contributed by atoms with Crippen molar-refractivity contribution in [3.05, 3.63) is 35.6 Å². The van der Waals surface area contributed by atoms with Crippen molar-refractivity contribution in [2.24, 2.45) is 0 Å². The highest BCUT2D eigenvalue weighted by Gasteiger charge is 2.46. The average molecular weight is 320 g/mol. The molecule has 5 heteroatoms. The number of rotatable bonds is 3. The van der Waals surface area contributed by atoms with E-state index in [2.05, 4.69) is 9.80 Å². The molecule has 3 aliphatic heterocycles. The molecule has 0 spiro atoms. The van der Waals surface area contributed by atoms with E-state index in [1.807, 2.05) is 6.07 Å². The summed E-state index contributed by atoms with van der Waals surface area (Å²) in [5.41, 5.74) is 1.05. The van der Waals surface area contributed by atoms with Crippen LogP contribution in [0.3, 0.4) is 0 Å². The first kappa shape index (κ1) is 15.5. The van der Waals surface area contributed by atoms with Crippen LogP contribution in [0.1, 0.15) is 18.4 Å². The third-order valence-corrected chi connectivity index (χ3v) is 5.39. The summed E-state index contributed by atoms with van der Waals surface area (Å²) in [6.45, 7) is 6.30. The van der Waals surface area contributed by atoms with Gasteiger partial charge in [-0.05, 0) is 30.5 Å². The van der Waals surface area contributed by atoms with Gasteiger partial charge in [0.2, 0.25) is 0 Å². The van der Waals surface area contributed by atoms with Crippen molar-refractivity contribution < 1.29 is 13.9 Å². The molecule has 23 heavy (non-hydrogen) atoms. The summed E-state index contributed by atoms with van der Waals surface area (Å²) in [6.07, 6.45) is 2.59. The summed E-state index contributed by atoms with van der Waals surface area (Å²) in [7, 11) is 0. The molecule has 3 atom stereocenters. The molecule has 3 aliphatic rings. The molecule has 3 heterocycles. The van der Waals surface area contributed by atoms with Crippen LogP contribution >= 0.6 is 0 Å². The van der Waals surface area contributed by atoms with Gasteiger partial charge in [-0.1, -0.05) is 12.1 Å². The Kier molecular flexibility index (Phi) is 4.62. The molecule has 2 unspecified atom stereocenters. The van der Waals surface area contributed by atoms with E-state index < -0.39 is 0 Å². The number of halogens is 1. The summed E-state index contributed by atoms with van der Waals surface area (Å²) < 4.78 is 25.1. The third-order valence-electron chi connectivity index (χ3n) is 5.39. The summed E-state index contributed by atoms with van der Waals surface area (Å²) in [6, 6.07) is 7.88. The lowest BCUT2D eigenvalue weighted by atomic mass is 9.99. The van der Waals surface area contributed by atoms with Crippen molar-refractivity contribution in [3.63, 3.8) is 0 Å². The van der Waals surface area contributed by atoms with Crippen LogP contribution in [0.15, 0.2) is 24.3 Å². The van der Waals surface area contributed by atoms with E-state index in [4.69, 9.17) is 9.47 Å². The average Bonchev–Trinajstić information content (AvgIpc) is 2.95. The molecule has 3 fully saturated rings. The van der Waals surface area contributed by atoms with Crippen LogP contribution in [0.2, 0.25) is 0 Å². The van der Waals surface area contributed by atoms with Crippen LogP contribution in [0.25, 0.3) is 0 Å². The van der Waals surface area contributed by atoms with Gasteiger partial charge in [-0.25, -0.2) is 4.39 Å². The SMILES string of the molecule is Fc1cccc(CN2C[C@H](N3CCOCC3)C3OCCCC32)c1. The molecule has 1 aromatic rings. The molecule has 0 bridgehead atoms. The largest absolute Gasteiger partial charge is 0.379 e. The minimum Gasteiger partial charge on any atom is -0.379 e. The molecular formula is C18H25FN2O2. The second-order valence-electron chi connectivity index (χ2n) is 6.82. The molecule has 126 valence electrons. The quantitative estimate of drug-likeness (QED) is 0.849. The highest BCUT2D eigenvalue weighted by molar-refractivity contribution is 5.17. The number of nitrogens with zero attached hydrogens (tertiary/aromatic N) is 2. The van der Waals surface area contributed by atoms with E-state index in [9.17, 15) is 4.39 Å². The fourth-order valence-electron chi connectivity index (χ4n) is 4.31. The van der Waals surface area contributed by atoms with E-state index in [0.717, 1.165) is 58.0 Å². The number of hydrogen-bond donors (Lipinski definition) is 0. The van der Waals surface area contributed by atoms with Crippen LogP contribution in [-0.2, 0) is 16.0 Å². The minimum absolute atomic E-state index is 0.150. The minimum atomic E-state index is -0.150. The zero-order valence-corrected chi connectivity index (χ0v) is 13.5. The van der Waals surface area contributed by atoms with Crippen molar-refractivity contribution in [2.45, 2.75) is 37.6 Å². The Morgan fingerprint density at radius 1 is 1.13 bits per heavy atom. The first-order chi connectivity index (χ1) is 11.3. The monoisotopic (exact) mass is 320 g/mol. The van der Waals surface area contributed by atoms with Crippen molar-refractivity contribution in [2.75, 3.05) is 39.5 Å². The Hall–Kier alpha value is -1.01. The predicted molar refractivity (Wildman–Crippen MR) is 85.8 cm³/mol. The smallest absolute Gasteiger partial charge is 0.123 e. The number of morpholine rings is 1. The number of hydrogen-bond acceptors (Lipinski definition) is 4. The molecule has 0 N–H and O–H groups in total. The van der Waals surface area contributed by atoms with E-state index in [1.54, 1.807) is 12.1 Å². The van der Waals surface area contributed by atoms with Crippen LogP contribution in [0.5, 0.6) is 0 Å². The Labute approximate surface area is 137 Å². The summed E-state index contributed by atoms with van der Waals surface area (Å²) in [5.74, 6) is -0.150. The fraction of sp³-hybridized carbons (Fsp3) is 0.667. The first-order valence-electron chi connectivity index (χ1n) is 8.73. The van der Waals surface area contributed by atoms with Gasteiger partial charge in [0.05, 0.1) is 25.4 Å². The lowest BCUT2D eigenvalue weighted by Gasteiger charge is -2.37. The van der Waals surface area contributed by atoms with Crippen molar-refractivity contribution in [3.8, 4) is 0 Å². The summed E-state index contributed by atoms with van der Waals surface area (Å²) in [5, 5.41) is 0. The Bertz CT molecular complexity index is 536. The van der Waals surface area contributed by atoms with Gasteiger partial charge >= 0.3 is 0 Å². The van der Waals surface area contributed by atoms with E-state index in [0.29, 0.717) is 12.1 Å². The fourth-order valence-corrected chi connectivity index (χ4v) is 4.31. The van der Waals surface area contributed by atoms with Crippen molar-refractivity contribution in [1.82, 2.24) is 9.80 Å². The van der Waals surface area contributed by atoms with Crippen LogP contribution < -0.4 is 0 Å². The molecule has 0 saturated carbocycles. The lowest BCUT2D eigenvalue weighted by Crippen LogP contribution is -2.51. The Morgan fingerprint density at radius 2 is 2.00 bits per heavy atom. The second-order valence-corrected chi connectivity index (χ2v) is 6.82. The second kappa shape index (κ2) is 6.85. The normalized spacial score (nSPS) is 32.8. The van der Waals surface area contributed by atoms with Crippen molar-refractivity contribution >= 4 is 0 Å². The van der Waals surface area contributed by atoms with E-state index in [-0.39, 0.29) is 11.9 Å². The maximum atomic E-state index is 13.5. The zero-order valence-electron chi connectivity index (χ0n) is 13.5. The third kappa shape index (κ3) is 3.29. The summed E-state index contributed by atoms with van der Waals surface area (Å²) in [4.78, 5) is 5.02. The number of likely N-dealkylation sites (tertiary alicyclic amines) is 1. The van der Waals surface area contributed by atoms with Gasteiger partial charge in [-0.2, -0.15) is 0 Å². The van der Waals surface area contributed by atoms with Crippen LogP contribution in [0.4, 0.5) is 4.39 Å². The molecular weight excluding hydrogens is 295 g/mol. The molecule has 4 rings (SSSR count). The molecule has 3 saturated heterocycles. The van der Waals surface area contributed by atoms with Gasteiger partial charge < -0.3 is 9.47 Å². The topological polar surface area (TPSA) is 24.9 Å². The maximum Gasteiger partial charge on any atom is 0.123 e. The molecule has 0 amide bonds. The molecule has 1 aromatic carbocycles. The van der Waals surface area contributed by atoms with E-state index in [1.165, 1.54) is 12.5 Å². The first-order valence-corrected chi connectivity index (χ1v) is 8.73. The molecule has 0 radical (unpaired) electrons. The number of benzene rings is 1. The number of fused-ring (bicyclic) bond motifs is 1. The predicted octanol–water partition coefficient (Wildman–Crippen LogP) is 1.89. The lowest BCUT2D eigenvalue weighted by molar-refractivity contribution is -0.0593. The zero-order chi connectivity index (χ0) is 15.6. The van der Waals surface area contributed by atoms with Crippen molar-refractivity contribution in [1.29, 1.82) is 0 Å². The van der Waals surface area contributed by atoms with Gasteiger partial charge in [-0.15, -0.1) is 0 Å². The summed E-state index contributed by atoms with van der Waals surface area (Å²) >= 11 is 0. The number of ether oxygens (including phenoxy) is 2. The highest BCUT2D eigenvalue weighted by Crippen LogP contribution is 2.33. The Morgan fingerprint density at radius 3 is 2.83 bits per heavy atom. The molecule has 0 aliphatic carbocycles. The molecule has 4 nitrogen and oxygen atoms in total.